The number of carbonyl (C=O) groups excluding carboxylic acids is 1. The van der Waals surface area contributed by atoms with E-state index < -0.39 is 0 Å². The minimum atomic E-state index is -0.144. The van der Waals surface area contributed by atoms with E-state index in [1.165, 1.54) is 32.1 Å². The van der Waals surface area contributed by atoms with Crippen molar-refractivity contribution in [2.75, 3.05) is 26.4 Å². The van der Waals surface area contributed by atoms with Crippen LogP contribution in [-0.4, -0.2) is 49.3 Å². The van der Waals surface area contributed by atoms with E-state index in [-0.39, 0.29) is 18.7 Å². The van der Waals surface area contributed by atoms with Crippen LogP contribution in [0.5, 0.6) is 11.5 Å². The van der Waals surface area contributed by atoms with Gasteiger partial charge in [-0.3, -0.25) is 9.69 Å². The highest BCUT2D eigenvalue weighted by atomic mass is 35.5. The number of carbonyl (C=O) groups is 1. The lowest BCUT2D eigenvalue weighted by molar-refractivity contribution is -0.125. The zero-order chi connectivity index (χ0) is 24.0. The van der Waals surface area contributed by atoms with Gasteiger partial charge in [0.05, 0.1) is 6.04 Å². The Morgan fingerprint density at radius 1 is 1.03 bits per heavy atom. The molecule has 5 rings (SSSR count). The van der Waals surface area contributed by atoms with Crippen molar-refractivity contribution in [3.63, 3.8) is 0 Å². The van der Waals surface area contributed by atoms with E-state index in [4.69, 9.17) is 21.1 Å². The van der Waals surface area contributed by atoms with E-state index in [1.807, 2.05) is 36.4 Å². The van der Waals surface area contributed by atoms with Gasteiger partial charge in [0.25, 0.3) is 0 Å². The van der Waals surface area contributed by atoms with Gasteiger partial charge in [-0.05, 0) is 73.5 Å². The molecule has 1 amide bonds. The number of hydrogen-bond donors (Lipinski definition) is 2. The Hall–Kier alpha value is -2.28. The summed E-state index contributed by atoms with van der Waals surface area (Å²) >= 11 is 6.23. The molecule has 188 valence electrons. The van der Waals surface area contributed by atoms with Gasteiger partial charge in [0, 0.05) is 30.7 Å². The molecule has 2 aromatic carbocycles. The average molecular weight is 498 g/mol. The number of nitrogens with one attached hydrogen (secondary N) is 2. The van der Waals surface area contributed by atoms with Crippen LogP contribution in [0.25, 0.3) is 0 Å². The average Bonchev–Trinajstić information content (AvgIpc) is 3.50. The lowest BCUT2D eigenvalue weighted by Crippen LogP contribution is -2.43. The number of benzene rings is 2. The third-order valence-corrected chi connectivity index (χ3v) is 7.79. The number of fused-ring (bicyclic) bond motifs is 1. The molecule has 0 radical (unpaired) electrons. The molecule has 2 aliphatic heterocycles. The summed E-state index contributed by atoms with van der Waals surface area (Å²) in [6.07, 6.45) is 8.34. The summed E-state index contributed by atoms with van der Waals surface area (Å²) in [7, 11) is 0. The SMILES string of the molecule is O=C(NCCc1ccc2c(c1)OCO2)[C@@H]1C[C@H](NCC2CCCCC2)CN1Cc1cccc(Cl)c1. The molecule has 2 heterocycles. The van der Waals surface area contributed by atoms with Crippen LogP contribution in [0.4, 0.5) is 0 Å². The maximum absolute atomic E-state index is 13.3. The Labute approximate surface area is 213 Å². The van der Waals surface area contributed by atoms with Gasteiger partial charge in [0.1, 0.15) is 0 Å². The Morgan fingerprint density at radius 2 is 1.89 bits per heavy atom. The van der Waals surface area contributed by atoms with Gasteiger partial charge in [-0.15, -0.1) is 0 Å². The highest BCUT2D eigenvalue weighted by Gasteiger charge is 2.36. The molecule has 0 aromatic heterocycles. The molecule has 1 saturated heterocycles. The third-order valence-electron chi connectivity index (χ3n) is 7.55. The normalized spacial score (nSPS) is 22.4. The van der Waals surface area contributed by atoms with E-state index in [2.05, 4.69) is 21.6 Å². The monoisotopic (exact) mass is 497 g/mol. The molecule has 2 fully saturated rings. The number of amides is 1. The van der Waals surface area contributed by atoms with Gasteiger partial charge in [0.15, 0.2) is 11.5 Å². The second kappa shape index (κ2) is 11.6. The van der Waals surface area contributed by atoms with Gasteiger partial charge in [-0.25, -0.2) is 0 Å². The van der Waals surface area contributed by atoms with Crippen molar-refractivity contribution in [3.05, 3.63) is 58.6 Å². The van der Waals surface area contributed by atoms with Crippen LogP contribution in [0.1, 0.15) is 49.7 Å². The van der Waals surface area contributed by atoms with Gasteiger partial charge < -0.3 is 20.1 Å². The van der Waals surface area contributed by atoms with E-state index in [0.717, 1.165) is 66.0 Å². The second-order valence-corrected chi connectivity index (χ2v) is 10.6. The summed E-state index contributed by atoms with van der Waals surface area (Å²) in [5.74, 6) is 2.45. The molecule has 0 bridgehead atoms. The summed E-state index contributed by atoms with van der Waals surface area (Å²) in [6.45, 7) is 3.53. The summed E-state index contributed by atoms with van der Waals surface area (Å²) in [5.41, 5.74) is 2.27. The molecule has 2 aromatic rings. The van der Waals surface area contributed by atoms with E-state index >= 15 is 0 Å². The highest BCUT2D eigenvalue weighted by Crippen LogP contribution is 2.32. The number of rotatable bonds is 9. The molecule has 35 heavy (non-hydrogen) atoms. The Bertz CT molecular complexity index is 1010. The fraction of sp³-hybridized carbons (Fsp3) is 0.536. The predicted octanol–water partition coefficient (Wildman–Crippen LogP) is 4.54. The molecule has 3 aliphatic rings. The molecule has 2 N–H and O–H groups in total. The summed E-state index contributed by atoms with van der Waals surface area (Å²) < 4.78 is 10.9. The molecule has 0 spiro atoms. The van der Waals surface area contributed by atoms with Crippen LogP contribution in [-0.2, 0) is 17.8 Å². The summed E-state index contributed by atoms with van der Waals surface area (Å²) in [5, 5.41) is 7.72. The van der Waals surface area contributed by atoms with E-state index in [9.17, 15) is 4.79 Å². The highest BCUT2D eigenvalue weighted by molar-refractivity contribution is 6.30. The molecule has 7 heteroatoms. The van der Waals surface area contributed by atoms with Crippen molar-refractivity contribution in [2.24, 2.45) is 5.92 Å². The van der Waals surface area contributed by atoms with Crippen LogP contribution >= 0.6 is 11.6 Å². The topological polar surface area (TPSA) is 62.8 Å². The minimum absolute atomic E-state index is 0.106. The van der Waals surface area contributed by atoms with Crippen molar-refractivity contribution in [3.8, 4) is 11.5 Å². The lowest BCUT2D eigenvalue weighted by Gasteiger charge is -2.24. The van der Waals surface area contributed by atoms with Crippen LogP contribution in [0.15, 0.2) is 42.5 Å². The Morgan fingerprint density at radius 3 is 2.74 bits per heavy atom. The first kappa shape index (κ1) is 24.4. The van der Waals surface area contributed by atoms with Gasteiger partial charge in [-0.2, -0.15) is 0 Å². The van der Waals surface area contributed by atoms with E-state index in [0.29, 0.717) is 12.6 Å². The zero-order valence-electron chi connectivity index (χ0n) is 20.3. The molecule has 2 atom stereocenters. The van der Waals surface area contributed by atoms with Gasteiger partial charge in [0.2, 0.25) is 12.7 Å². The lowest BCUT2D eigenvalue weighted by atomic mass is 9.89. The largest absolute Gasteiger partial charge is 0.454 e. The molecule has 0 unspecified atom stereocenters. The van der Waals surface area contributed by atoms with Crippen LogP contribution in [0, 0.1) is 5.92 Å². The maximum Gasteiger partial charge on any atom is 0.237 e. The fourth-order valence-corrected chi connectivity index (χ4v) is 5.85. The Kier molecular flexibility index (Phi) is 8.12. The fourth-order valence-electron chi connectivity index (χ4n) is 5.64. The quantitative estimate of drug-likeness (QED) is 0.532. The van der Waals surface area contributed by atoms with Gasteiger partial charge >= 0.3 is 0 Å². The smallest absolute Gasteiger partial charge is 0.237 e. The standard InChI is InChI=1S/C28H36ClN3O3/c29-23-8-4-7-22(13-23)17-32-18-24(31-16-21-5-2-1-3-6-21)15-25(32)28(33)30-12-11-20-9-10-26-27(14-20)35-19-34-26/h4,7-10,13-14,21,24-25,31H,1-3,5-6,11-12,15-19H2,(H,30,33)/t24-,25-/m0/s1. The van der Waals surface area contributed by atoms with Crippen molar-refractivity contribution in [1.82, 2.24) is 15.5 Å². The zero-order valence-corrected chi connectivity index (χ0v) is 21.1. The first-order valence-corrected chi connectivity index (χ1v) is 13.4. The van der Waals surface area contributed by atoms with E-state index in [1.54, 1.807) is 0 Å². The first-order chi connectivity index (χ1) is 17.1. The molecule has 1 aliphatic carbocycles. The Balaban J connectivity index is 1.18. The van der Waals surface area contributed by atoms with Crippen molar-refractivity contribution >= 4 is 17.5 Å². The first-order valence-electron chi connectivity index (χ1n) is 13.0. The molecule has 6 nitrogen and oxygen atoms in total. The molecular weight excluding hydrogens is 462 g/mol. The van der Waals surface area contributed by atoms with Crippen LogP contribution in [0.2, 0.25) is 5.02 Å². The summed E-state index contributed by atoms with van der Waals surface area (Å²) in [4.78, 5) is 15.6. The molecule has 1 saturated carbocycles. The third kappa shape index (κ3) is 6.49. The maximum atomic E-state index is 13.3. The van der Waals surface area contributed by atoms with Crippen molar-refractivity contribution in [2.45, 2.75) is 63.6 Å². The van der Waals surface area contributed by atoms with Gasteiger partial charge in [-0.1, -0.05) is 49.1 Å². The minimum Gasteiger partial charge on any atom is -0.454 e. The molecular formula is C28H36ClN3O3. The second-order valence-electron chi connectivity index (χ2n) is 10.1. The number of halogens is 1. The number of ether oxygens (including phenoxy) is 2. The summed E-state index contributed by atoms with van der Waals surface area (Å²) in [6, 6.07) is 14.1. The predicted molar refractivity (Wildman–Crippen MR) is 138 cm³/mol. The van der Waals surface area contributed by atoms with Crippen LogP contribution < -0.4 is 20.1 Å². The van der Waals surface area contributed by atoms with Crippen molar-refractivity contribution < 1.29 is 14.3 Å². The number of likely N-dealkylation sites (tertiary alicyclic amines) is 1. The van der Waals surface area contributed by atoms with Crippen molar-refractivity contribution in [1.29, 1.82) is 0 Å². The number of hydrogen-bond acceptors (Lipinski definition) is 5. The van der Waals surface area contributed by atoms with Crippen LogP contribution in [0.3, 0.4) is 0 Å². The number of nitrogens with zero attached hydrogens (tertiary/aromatic N) is 1.